The van der Waals surface area contributed by atoms with Gasteiger partial charge in [0.1, 0.15) is 11.9 Å². The summed E-state index contributed by atoms with van der Waals surface area (Å²) in [6.45, 7) is 2.95. The minimum Gasteiger partial charge on any atom is -0.488 e. The second-order valence-electron chi connectivity index (χ2n) is 6.35. The molecule has 0 spiro atoms. The van der Waals surface area contributed by atoms with Gasteiger partial charge in [-0.3, -0.25) is 4.79 Å². The predicted octanol–water partition coefficient (Wildman–Crippen LogP) is 2.53. The molecule has 1 heterocycles. The molecule has 1 fully saturated rings. The molecule has 21 heavy (non-hydrogen) atoms. The van der Waals surface area contributed by atoms with Crippen LogP contribution in [0.25, 0.3) is 0 Å². The van der Waals surface area contributed by atoms with E-state index in [1.165, 1.54) is 11.1 Å². The number of ether oxygens (including phenoxy) is 1. The lowest BCUT2D eigenvalue weighted by molar-refractivity contribution is -0.142. The van der Waals surface area contributed by atoms with Gasteiger partial charge in [-0.15, -0.1) is 0 Å². The Hall–Kier alpha value is -1.55. The summed E-state index contributed by atoms with van der Waals surface area (Å²) < 4.78 is 5.96. The van der Waals surface area contributed by atoms with Crippen LogP contribution in [0.3, 0.4) is 0 Å². The Morgan fingerprint density at radius 2 is 2.10 bits per heavy atom. The summed E-state index contributed by atoms with van der Waals surface area (Å²) in [7, 11) is 0. The van der Waals surface area contributed by atoms with E-state index in [0.29, 0.717) is 6.04 Å². The molecule has 0 aromatic heterocycles. The van der Waals surface area contributed by atoms with Gasteiger partial charge in [0.05, 0.1) is 5.92 Å². The maximum atomic E-state index is 10.9. The molecule has 1 atom stereocenters. The SMILES string of the molecule is Cc1ccc2c(c1)CC(CNC1CCC(C(=O)O)CC1)O2. The molecule has 1 aliphatic carbocycles. The number of carboxylic acids is 1. The molecule has 1 aromatic rings. The van der Waals surface area contributed by atoms with Crippen LogP contribution in [0, 0.1) is 12.8 Å². The molecule has 3 rings (SSSR count). The molecule has 0 saturated heterocycles. The maximum Gasteiger partial charge on any atom is 0.306 e. The fourth-order valence-electron chi connectivity index (χ4n) is 3.41. The van der Waals surface area contributed by atoms with Crippen molar-refractivity contribution in [2.45, 2.75) is 51.2 Å². The van der Waals surface area contributed by atoms with Gasteiger partial charge in [-0.2, -0.15) is 0 Å². The molecule has 4 nitrogen and oxygen atoms in total. The number of fused-ring (bicyclic) bond motifs is 1. The van der Waals surface area contributed by atoms with E-state index in [1.807, 2.05) is 0 Å². The topological polar surface area (TPSA) is 58.6 Å². The largest absolute Gasteiger partial charge is 0.488 e. The van der Waals surface area contributed by atoms with Crippen molar-refractivity contribution in [3.05, 3.63) is 29.3 Å². The van der Waals surface area contributed by atoms with Gasteiger partial charge in [-0.05, 0) is 44.2 Å². The predicted molar refractivity (Wildman–Crippen MR) is 80.7 cm³/mol. The van der Waals surface area contributed by atoms with E-state index in [2.05, 4.69) is 30.4 Å². The molecule has 2 N–H and O–H groups in total. The molecule has 2 aliphatic rings. The number of benzene rings is 1. The third-order valence-electron chi connectivity index (χ3n) is 4.67. The van der Waals surface area contributed by atoms with Crippen LogP contribution in [0.2, 0.25) is 0 Å². The van der Waals surface area contributed by atoms with E-state index in [4.69, 9.17) is 9.84 Å². The number of hydrogen-bond donors (Lipinski definition) is 2. The number of rotatable bonds is 4. The summed E-state index contributed by atoms with van der Waals surface area (Å²) in [6.07, 6.45) is 4.66. The number of aryl methyl sites for hydroxylation is 1. The zero-order valence-corrected chi connectivity index (χ0v) is 12.5. The normalized spacial score (nSPS) is 28.0. The number of aliphatic carboxylic acids is 1. The van der Waals surface area contributed by atoms with Gasteiger partial charge in [0.2, 0.25) is 0 Å². The summed E-state index contributed by atoms with van der Waals surface area (Å²) in [6, 6.07) is 6.78. The van der Waals surface area contributed by atoms with Crippen LogP contribution in [-0.4, -0.2) is 29.8 Å². The van der Waals surface area contributed by atoms with Gasteiger partial charge in [0, 0.05) is 19.0 Å². The summed E-state index contributed by atoms with van der Waals surface area (Å²) in [5, 5.41) is 12.6. The second kappa shape index (κ2) is 6.06. The van der Waals surface area contributed by atoms with Crippen molar-refractivity contribution in [3.8, 4) is 5.75 Å². The standard InChI is InChI=1S/C17H23NO3/c1-11-2-7-16-13(8-11)9-15(21-16)10-18-14-5-3-12(4-6-14)17(19)20/h2,7-8,12,14-15,18H,3-6,9-10H2,1H3,(H,19,20). The van der Waals surface area contributed by atoms with Crippen molar-refractivity contribution in [2.24, 2.45) is 5.92 Å². The van der Waals surface area contributed by atoms with Gasteiger partial charge in [0.25, 0.3) is 0 Å². The van der Waals surface area contributed by atoms with Crippen LogP contribution in [0.5, 0.6) is 5.75 Å². The second-order valence-corrected chi connectivity index (χ2v) is 6.35. The molecule has 4 heteroatoms. The summed E-state index contributed by atoms with van der Waals surface area (Å²) in [5.41, 5.74) is 2.58. The Balaban J connectivity index is 1.44. The third kappa shape index (κ3) is 3.38. The Bertz CT molecular complexity index is 521. The lowest BCUT2D eigenvalue weighted by Crippen LogP contribution is -2.40. The van der Waals surface area contributed by atoms with Crippen LogP contribution in [0.4, 0.5) is 0 Å². The van der Waals surface area contributed by atoms with Crippen LogP contribution >= 0.6 is 0 Å². The first kappa shape index (κ1) is 14.4. The lowest BCUT2D eigenvalue weighted by atomic mass is 9.86. The van der Waals surface area contributed by atoms with Crippen LogP contribution in [-0.2, 0) is 11.2 Å². The van der Waals surface area contributed by atoms with Crippen molar-refractivity contribution in [1.82, 2.24) is 5.32 Å². The van der Waals surface area contributed by atoms with Gasteiger partial charge in [-0.1, -0.05) is 17.7 Å². The molecule has 1 aromatic carbocycles. The number of carbonyl (C=O) groups is 1. The van der Waals surface area contributed by atoms with E-state index < -0.39 is 5.97 Å². The molecule has 0 amide bonds. The summed E-state index contributed by atoms with van der Waals surface area (Å²) >= 11 is 0. The number of hydrogen-bond acceptors (Lipinski definition) is 3. The highest BCUT2D eigenvalue weighted by Gasteiger charge is 2.27. The number of nitrogens with one attached hydrogen (secondary N) is 1. The van der Waals surface area contributed by atoms with Gasteiger partial charge < -0.3 is 15.2 Å². The molecular formula is C17H23NO3. The zero-order chi connectivity index (χ0) is 14.8. The molecule has 0 radical (unpaired) electrons. The molecule has 1 aliphatic heterocycles. The quantitative estimate of drug-likeness (QED) is 0.894. The van der Waals surface area contributed by atoms with Crippen molar-refractivity contribution in [3.63, 3.8) is 0 Å². The first-order chi connectivity index (χ1) is 10.1. The Kier molecular flexibility index (Phi) is 4.15. The van der Waals surface area contributed by atoms with E-state index in [9.17, 15) is 4.79 Å². The highest BCUT2D eigenvalue weighted by atomic mass is 16.5. The first-order valence-electron chi connectivity index (χ1n) is 7.84. The Morgan fingerprint density at radius 3 is 2.81 bits per heavy atom. The van der Waals surface area contributed by atoms with Gasteiger partial charge in [-0.25, -0.2) is 0 Å². The minimum atomic E-state index is -0.640. The first-order valence-corrected chi connectivity index (χ1v) is 7.84. The van der Waals surface area contributed by atoms with Crippen molar-refractivity contribution >= 4 is 5.97 Å². The van der Waals surface area contributed by atoms with Crippen LogP contribution in [0.1, 0.15) is 36.8 Å². The maximum absolute atomic E-state index is 10.9. The molecule has 1 saturated carbocycles. The molecule has 0 bridgehead atoms. The fourth-order valence-corrected chi connectivity index (χ4v) is 3.41. The molecule has 1 unspecified atom stereocenters. The zero-order valence-electron chi connectivity index (χ0n) is 12.5. The van der Waals surface area contributed by atoms with Crippen molar-refractivity contribution in [2.75, 3.05) is 6.54 Å². The third-order valence-corrected chi connectivity index (χ3v) is 4.67. The highest BCUT2D eigenvalue weighted by molar-refractivity contribution is 5.70. The Morgan fingerprint density at radius 1 is 1.33 bits per heavy atom. The van der Waals surface area contributed by atoms with E-state index in [0.717, 1.165) is 44.4 Å². The van der Waals surface area contributed by atoms with E-state index in [1.54, 1.807) is 0 Å². The van der Waals surface area contributed by atoms with Crippen LogP contribution in [0.15, 0.2) is 18.2 Å². The smallest absolute Gasteiger partial charge is 0.306 e. The van der Waals surface area contributed by atoms with E-state index in [-0.39, 0.29) is 12.0 Å². The fraction of sp³-hybridized carbons (Fsp3) is 0.588. The summed E-state index contributed by atoms with van der Waals surface area (Å²) in [5.74, 6) is 0.235. The monoisotopic (exact) mass is 289 g/mol. The van der Waals surface area contributed by atoms with Crippen molar-refractivity contribution < 1.29 is 14.6 Å². The summed E-state index contributed by atoms with van der Waals surface area (Å²) in [4.78, 5) is 10.9. The highest BCUT2D eigenvalue weighted by Crippen LogP contribution is 2.30. The van der Waals surface area contributed by atoms with Gasteiger partial charge >= 0.3 is 5.97 Å². The van der Waals surface area contributed by atoms with Crippen LogP contribution < -0.4 is 10.1 Å². The Labute approximate surface area is 125 Å². The average Bonchev–Trinajstić information content (AvgIpc) is 2.87. The van der Waals surface area contributed by atoms with Gasteiger partial charge in [0.15, 0.2) is 0 Å². The number of carboxylic acid groups (broad SMARTS) is 1. The lowest BCUT2D eigenvalue weighted by Gasteiger charge is -2.27. The average molecular weight is 289 g/mol. The molecule has 114 valence electrons. The van der Waals surface area contributed by atoms with Crippen molar-refractivity contribution in [1.29, 1.82) is 0 Å². The van der Waals surface area contributed by atoms with E-state index >= 15 is 0 Å². The minimum absolute atomic E-state index is 0.141. The molecular weight excluding hydrogens is 266 g/mol.